The highest BCUT2D eigenvalue weighted by atomic mass is 16.5. The minimum Gasteiger partial charge on any atom is -0.504 e. The standard InChI is InChI=1S/C31H34N2O5/c1-4-15-33-16-14-31-22-11-12-23(32(3)27(36)13-10-20-8-6-5-7-9-20)30(31)38-29-25(35)18-26(37-19(2)34)21(28(29)31)17-24(22)33/h4-10,13,18,22-24,30,35H,1,11-12,14-17H2,2-3H3/t22-,23-,24+,30-,31-/m0/s1. The third-order valence-corrected chi connectivity index (χ3v) is 9.17. The number of carbonyl (C=O) groups excluding carboxylic acids is 2. The van der Waals surface area contributed by atoms with Crippen LogP contribution in [-0.2, 0) is 21.4 Å². The van der Waals surface area contributed by atoms with E-state index in [-0.39, 0.29) is 35.3 Å². The number of likely N-dealkylation sites (tertiary alicyclic amines) is 1. The Balaban J connectivity index is 1.41. The summed E-state index contributed by atoms with van der Waals surface area (Å²) in [7, 11) is 1.85. The summed E-state index contributed by atoms with van der Waals surface area (Å²) in [6.45, 7) is 7.02. The minimum atomic E-state index is -0.416. The number of hydrogen-bond donors (Lipinski definition) is 1. The quantitative estimate of drug-likeness (QED) is 0.271. The maximum Gasteiger partial charge on any atom is 0.308 e. The number of likely N-dealkylation sites (N-methyl/N-ethyl adjacent to an activating group) is 1. The monoisotopic (exact) mass is 514 g/mol. The first kappa shape index (κ1) is 24.7. The largest absolute Gasteiger partial charge is 0.504 e. The summed E-state index contributed by atoms with van der Waals surface area (Å²) in [5.41, 5.74) is 2.55. The van der Waals surface area contributed by atoms with Gasteiger partial charge in [-0.1, -0.05) is 36.4 Å². The van der Waals surface area contributed by atoms with Crippen LogP contribution in [0.2, 0.25) is 0 Å². The van der Waals surface area contributed by atoms with Crippen molar-refractivity contribution >= 4 is 18.0 Å². The molecule has 2 aromatic rings. The molecule has 5 atom stereocenters. The summed E-state index contributed by atoms with van der Waals surface area (Å²) in [6, 6.07) is 11.4. The van der Waals surface area contributed by atoms with Crippen LogP contribution in [0.5, 0.6) is 17.2 Å². The SMILES string of the molecule is C=CCN1CC[C@]23c4c5c(OC(C)=O)cc(O)c4O[C@H]2[C@@H](N(C)C(=O)C=Cc2ccccc2)CC[C@H]3[C@H]1C5. The average molecular weight is 515 g/mol. The maximum atomic E-state index is 13.3. The predicted molar refractivity (Wildman–Crippen MR) is 144 cm³/mol. The summed E-state index contributed by atoms with van der Waals surface area (Å²) in [4.78, 5) is 29.6. The summed E-state index contributed by atoms with van der Waals surface area (Å²) < 4.78 is 12.3. The van der Waals surface area contributed by atoms with Crippen LogP contribution in [0.3, 0.4) is 0 Å². The van der Waals surface area contributed by atoms with Gasteiger partial charge in [-0.2, -0.15) is 0 Å². The fourth-order valence-corrected chi connectivity index (χ4v) is 7.70. The lowest BCUT2D eigenvalue weighted by Gasteiger charge is -2.60. The van der Waals surface area contributed by atoms with Gasteiger partial charge in [0.25, 0.3) is 0 Å². The average Bonchev–Trinajstić information content (AvgIpc) is 3.25. The van der Waals surface area contributed by atoms with Crippen LogP contribution in [0, 0.1) is 5.92 Å². The third-order valence-electron chi connectivity index (χ3n) is 9.17. The number of hydrogen-bond acceptors (Lipinski definition) is 6. The van der Waals surface area contributed by atoms with E-state index in [1.54, 1.807) is 6.08 Å². The van der Waals surface area contributed by atoms with Gasteiger partial charge in [0.2, 0.25) is 5.91 Å². The van der Waals surface area contributed by atoms with E-state index < -0.39 is 5.97 Å². The molecule has 2 aliphatic heterocycles. The number of nitrogens with zero attached hydrogens (tertiary/aromatic N) is 2. The van der Waals surface area contributed by atoms with E-state index in [4.69, 9.17) is 9.47 Å². The van der Waals surface area contributed by atoms with Crippen molar-refractivity contribution in [2.24, 2.45) is 5.92 Å². The second-order valence-corrected chi connectivity index (χ2v) is 11.0. The second-order valence-electron chi connectivity index (χ2n) is 11.0. The lowest BCUT2D eigenvalue weighted by Crippen LogP contribution is -2.68. The van der Waals surface area contributed by atoms with Gasteiger partial charge in [0, 0.05) is 55.2 Å². The smallest absolute Gasteiger partial charge is 0.308 e. The van der Waals surface area contributed by atoms with Crippen LogP contribution in [0.25, 0.3) is 6.08 Å². The third kappa shape index (κ3) is 3.67. The zero-order chi connectivity index (χ0) is 26.6. The van der Waals surface area contributed by atoms with Crippen molar-refractivity contribution in [2.75, 3.05) is 20.1 Å². The summed E-state index contributed by atoms with van der Waals surface area (Å²) >= 11 is 0. The normalized spacial score (nSPS) is 28.9. The maximum absolute atomic E-state index is 13.3. The van der Waals surface area contributed by atoms with Crippen LogP contribution in [0.1, 0.15) is 42.9 Å². The number of rotatable bonds is 6. The van der Waals surface area contributed by atoms with Gasteiger partial charge in [0.1, 0.15) is 11.9 Å². The Hall–Kier alpha value is -3.58. The topological polar surface area (TPSA) is 79.3 Å². The molecule has 2 heterocycles. The summed E-state index contributed by atoms with van der Waals surface area (Å²) in [5, 5.41) is 11.0. The van der Waals surface area contributed by atoms with E-state index in [1.807, 2.05) is 54.4 Å². The van der Waals surface area contributed by atoms with Crippen molar-refractivity contribution in [1.29, 1.82) is 0 Å². The molecule has 0 unspecified atom stereocenters. The predicted octanol–water partition coefficient (Wildman–Crippen LogP) is 4.08. The number of esters is 1. The highest BCUT2D eigenvalue weighted by molar-refractivity contribution is 5.92. The first-order valence-corrected chi connectivity index (χ1v) is 13.4. The summed E-state index contributed by atoms with van der Waals surface area (Å²) in [5.74, 6) is 0.719. The van der Waals surface area contributed by atoms with Gasteiger partial charge in [-0.3, -0.25) is 14.5 Å². The Morgan fingerprint density at radius 2 is 2.08 bits per heavy atom. The van der Waals surface area contributed by atoms with Gasteiger partial charge >= 0.3 is 5.97 Å². The number of ether oxygens (including phenoxy) is 2. The van der Waals surface area contributed by atoms with Crippen molar-refractivity contribution in [3.8, 4) is 17.2 Å². The van der Waals surface area contributed by atoms with Gasteiger partial charge in [0.15, 0.2) is 11.5 Å². The Morgan fingerprint density at radius 1 is 1.29 bits per heavy atom. The minimum absolute atomic E-state index is 0.00815. The molecule has 38 heavy (non-hydrogen) atoms. The molecule has 7 heteroatoms. The van der Waals surface area contributed by atoms with Crippen LogP contribution in [-0.4, -0.2) is 65.1 Å². The molecule has 2 aromatic carbocycles. The molecule has 1 N–H and O–H groups in total. The zero-order valence-corrected chi connectivity index (χ0v) is 21.9. The van der Waals surface area contributed by atoms with Gasteiger partial charge in [0.05, 0.1) is 6.04 Å². The molecule has 4 aliphatic rings. The van der Waals surface area contributed by atoms with Crippen LogP contribution in [0.15, 0.2) is 55.1 Å². The van der Waals surface area contributed by atoms with Crippen molar-refractivity contribution in [2.45, 2.75) is 56.2 Å². The number of phenolic OH excluding ortho intramolecular Hbond substituents is 1. The van der Waals surface area contributed by atoms with E-state index >= 15 is 0 Å². The molecule has 1 saturated carbocycles. The van der Waals surface area contributed by atoms with E-state index in [2.05, 4.69) is 11.5 Å². The number of aromatic hydroxyl groups is 1. The molecule has 0 aromatic heterocycles. The lowest BCUT2D eigenvalue weighted by molar-refractivity contribution is -0.135. The molecule has 7 nitrogen and oxygen atoms in total. The fourth-order valence-electron chi connectivity index (χ4n) is 7.70. The van der Waals surface area contributed by atoms with E-state index in [0.29, 0.717) is 17.4 Å². The zero-order valence-electron chi connectivity index (χ0n) is 21.9. The first-order valence-electron chi connectivity index (χ1n) is 13.4. The molecule has 2 aliphatic carbocycles. The Kier molecular flexibility index (Phi) is 6.06. The Morgan fingerprint density at radius 3 is 2.82 bits per heavy atom. The van der Waals surface area contributed by atoms with Crippen molar-refractivity contribution in [3.05, 3.63) is 71.8 Å². The molecule has 2 fully saturated rings. The summed E-state index contributed by atoms with van der Waals surface area (Å²) in [6.07, 6.45) is 8.45. The van der Waals surface area contributed by atoms with E-state index in [9.17, 15) is 14.7 Å². The van der Waals surface area contributed by atoms with Gasteiger partial charge in [-0.25, -0.2) is 0 Å². The molecule has 1 saturated heterocycles. The molecule has 198 valence electrons. The van der Waals surface area contributed by atoms with Crippen LogP contribution < -0.4 is 9.47 Å². The van der Waals surface area contributed by atoms with Gasteiger partial charge in [-0.05, 0) is 49.8 Å². The van der Waals surface area contributed by atoms with Crippen molar-refractivity contribution in [3.63, 3.8) is 0 Å². The number of amides is 1. The molecule has 2 bridgehead atoms. The first-order chi connectivity index (χ1) is 18.3. The molecular weight excluding hydrogens is 480 g/mol. The van der Waals surface area contributed by atoms with Gasteiger partial charge in [-0.15, -0.1) is 6.58 Å². The molecule has 0 radical (unpaired) electrons. The van der Waals surface area contributed by atoms with Gasteiger partial charge < -0.3 is 19.5 Å². The molecule has 6 rings (SSSR count). The Labute approximate surface area is 223 Å². The van der Waals surface area contributed by atoms with Crippen molar-refractivity contribution < 1.29 is 24.2 Å². The number of carbonyl (C=O) groups is 2. The number of phenols is 1. The van der Waals surface area contributed by atoms with Crippen LogP contribution >= 0.6 is 0 Å². The van der Waals surface area contributed by atoms with Crippen LogP contribution in [0.4, 0.5) is 0 Å². The Bertz CT molecular complexity index is 1320. The van der Waals surface area contributed by atoms with Crippen molar-refractivity contribution in [1.82, 2.24) is 9.80 Å². The fraction of sp³-hybridized carbons (Fsp3) is 0.419. The molecule has 1 spiro atoms. The molecule has 1 amide bonds. The number of piperidine rings is 1. The lowest BCUT2D eigenvalue weighted by atomic mass is 9.51. The van der Waals surface area contributed by atoms with E-state index in [1.165, 1.54) is 13.0 Å². The molecular formula is C31H34N2O5. The van der Waals surface area contributed by atoms with E-state index in [0.717, 1.165) is 55.5 Å². The highest BCUT2D eigenvalue weighted by Gasteiger charge is 2.66. The highest BCUT2D eigenvalue weighted by Crippen LogP contribution is 2.65. The number of benzene rings is 2. The second kappa shape index (κ2) is 9.31.